The predicted octanol–water partition coefficient (Wildman–Crippen LogP) is 3.81. The maximum absolute atomic E-state index is 12.8. The molecule has 0 bridgehead atoms. The van der Waals surface area contributed by atoms with Crippen LogP contribution in [0.4, 0.5) is 15.0 Å². The number of amides is 2. The Bertz CT molecular complexity index is 809. The van der Waals surface area contributed by atoms with Crippen molar-refractivity contribution in [2.75, 3.05) is 25.1 Å². The first-order valence-corrected chi connectivity index (χ1v) is 9.23. The normalized spacial score (nSPS) is 10.9. The average molecular weight is 403 g/mol. The molecule has 2 amide bonds. The van der Waals surface area contributed by atoms with Crippen molar-refractivity contribution in [3.63, 3.8) is 0 Å². The third-order valence-electron chi connectivity index (χ3n) is 3.59. The number of anilines is 1. The summed E-state index contributed by atoms with van der Waals surface area (Å²) < 4.78 is 23.7. The van der Waals surface area contributed by atoms with Gasteiger partial charge in [0, 0.05) is 12.3 Å². The van der Waals surface area contributed by atoms with Gasteiger partial charge in [0.2, 0.25) is 5.91 Å². The standard InChI is InChI=1S/C21H26FN3O4/c1-21(2,3)29-20(27)25(12-10-22)14-19(26)24-18-13-17(9-11-23-18)28-15-16-7-5-4-6-8-16/h4-9,11,13H,10,12,14-15H2,1-3H3,(H,23,24,26). The van der Waals surface area contributed by atoms with Crippen LogP contribution in [0.25, 0.3) is 0 Å². The van der Waals surface area contributed by atoms with E-state index in [1.54, 1.807) is 32.9 Å². The zero-order valence-corrected chi connectivity index (χ0v) is 16.9. The maximum atomic E-state index is 12.8. The number of alkyl halides is 1. The molecule has 8 heteroatoms. The summed E-state index contributed by atoms with van der Waals surface area (Å²) in [5, 5.41) is 2.59. The van der Waals surface area contributed by atoms with Crippen molar-refractivity contribution in [3.8, 4) is 5.75 Å². The Morgan fingerprint density at radius 2 is 1.90 bits per heavy atom. The minimum absolute atomic E-state index is 0.240. The van der Waals surface area contributed by atoms with E-state index < -0.39 is 24.3 Å². The number of hydrogen-bond acceptors (Lipinski definition) is 5. The van der Waals surface area contributed by atoms with Gasteiger partial charge in [0.15, 0.2) is 0 Å². The quantitative estimate of drug-likeness (QED) is 0.725. The summed E-state index contributed by atoms with van der Waals surface area (Å²) in [6.07, 6.45) is 0.751. The first-order chi connectivity index (χ1) is 13.8. The van der Waals surface area contributed by atoms with Gasteiger partial charge in [-0.1, -0.05) is 30.3 Å². The molecule has 1 aromatic heterocycles. The molecule has 0 unspecified atom stereocenters. The molecule has 7 nitrogen and oxygen atoms in total. The average Bonchev–Trinajstić information content (AvgIpc) is 2.66. The lowest BCUT2D eigenvalue weighted by Gasteiger charge is -2.26. The monoisotopic (exact) mass is 403 g/mol. The molecule has 29 heavy (non-hydrogen) atoms. The minimum atomic E-state index is -0.784. The van der Waals surface area contributed by atoms with Crippen LogP contribution in [0.3, 0.4) is 0 Å². The fraction of sp³-hybridized carbons (Fsp3) is 0.381. The summed E-state index contributed by atoms with van der Waals surface area (Å²) in [5.41, 5.74) is 0.266. The second-order valence-electron chi connectivity index (χ2n) is 7.29. The van der Waals surface area contributed by atoms with Crippen molar-refractivity contribution in [1.82, 2.24) is 9.88 Å². The molecule has 1 heterocycles. The minimum Gasteiger partial charge on any atom is -0.489 e. The Morgan fingerprint density at radius 3 is 2.55 bits per heavy atom. The van der Waals surface area contributed by atoms with Crippen LogP contribution in [-0.4, -0.2) is 47.2 Å². The smallest absolute Gasteiger partial charge is 0.410 e. The Balaban J connectivity index is 1.93. The summed E-state index contributed by atoms with van der Waals surface area (Å²) in [7, 11) is 0. The molecule has 0 aliphatic rings. The number of nitrogens with zero attached hydrogens (tertiary/aromatic N) is 2. The highest BCUT2D eigenvalue weighted by atomic mass is 19.1. The molecule has 0 aliphatic carbocycles. The second-order valence-corrected chi connectivity index (χ2v) is 7.29. The van der Waals surface area contributed by atoms with E-state index in [2.05, 4.69) is 10.3 Å². The van der Waals surface area contributed by atoms with E-state index in [0.717, 1.165) is 10.5 Å². The highest BCUT2D eigenvalue weighted by Gasteiger charge is 2.24. The number of halogens is 1. The lowest BCUT2D eigenvalue weighted by Crippen LogP contribution is -2.42. The zero-order chi connectivity index (χ0) is 21.3. The van der Waals surface area contributed by atoms with Gasteiger partial charge in [0.05, 0.1) is 6.54 Å². The number of ether oxygens (including phenoxy) is 2. The van der Waals surface area contributed by atoms with E-state index in [9.17, 15) is 14.0 Å². The summed E-state index contributed by atoms with van der Waals surface area (Å²) in [6.45, 7) is 4.09. The van der Waals surface area contributed by atoms with Gasteiger partial charge in [-0.05, 0) is 32.4 Å². The van der Waals surface area contributed by atoms with Crippen LogP contribution in [0.1, 0.15) is 26.3 Å². The number of carbonyl (C=O) groups is 2. The fourth-order valence-corrected chi connectivity index (χ4v) is 2.33. The van der Waals surface area contributed by atoms with Crippen LogP contribution in [0.15, 0.2) is 48.7 Å². The zero-order valence-electron chi connectivity index (χ0n) is 16.9. The van der Waals surface area contributed by atoms with Crippen LogP contribution >= 0.6 is 0 Å². The largest absolute Gasteiger partial charge is 0.489 e. The Morgan fingerprint density at radius 1 is 1.17 bits per heavy atom. The third-order valence-corrected chi connectivity index (χ3v) is 3.59. The Labute approximate surface area is 169 Å². The lowest BCUT2D eigenvalue weighted by atomic mass is 10.2. The van der Waals surface area contributed by atoms with E-state index in [4.69, 9.17) is 9.47 Å². The molecule has 0 atom stereocenters. The van der Waals surface area contributed by atoms with Gasteiger partial charge >= 0.3 is 6.09 Å². The van der Waals surface area contributed by atoms with Crippen LogP contribution < -0.4 is 10.1 Å². The Kier molecular flexibility index (Phi) is 7.94. The second kappa shape index (κ2) is 10.4. The van der Waals surface area contributed by atoms with Crippen LogP contribution in [-0.2, 0) is 16.1 Å². The molecule has 0 saturated heterocycles. The SMILES string of the molecule is CC(C)(C)OC(=O)N(CCF)CC(=O)Nc1cc(OCc2ccccc2)ccn1. The number of nitrogens with one attached hydrogen (secondary N) is 1. The predicted molar refractivity (Wildman–Crippen MR) is 107 cm³/mol. The molecule has 0 radical (unpaired) electrons. The van der Waals surface area contributed by atoms with E-state index in [0.29, 0.717) is 12.4 Å². The summed E-state index contributed by atoms with van der Waals surface area (Å²) in [6, 6.07) is 12.9. The van der Waals surface area contributed by atoms with Crippen molar-refractivity contribution >= 4 is 17.8 Å². The molecule has 1 N–H and O–H groups in total. The number of hydrogen-bond donors (Lipinski definition) is 1. The van der Waals surface area contributed by atoms with Crippen molar-refractivity contribution in [2.24, 2.45) is 0 Å². The number of rotatable bonds is 8. The number of pyridine rings is 1. The van der Waals surface area contributed by atoms with Gasteiger partial charge in [0.1, 0.15) is 37.0 Å². The summed E-state index contributed by atoms with van der Waals surface area (Å²) >= 11 is 0. The first kappa shape index (κ1) is 22.1. The molecule has 2 aromatic rings. The third kappa shape index (κ3) is 8.16. The van der Waals surface area contributed by atoms with Crippen molar-refractivity contribution < 1.29 is 23.5 Å². The molecule has 2 rings (SSSR count). The first-order valence-electron chi connectivity index (χ1n) is 9.23. The summed E-state index contributed by atoms with van der Waals surface area (Å²) in [4.78, 5) is 29.5. The number of aromatic nitrogens is 1. The number of benzene rings is 1. The van der Waals surface area contributed by atoms with Crippen LogP contribution in [0.5, 0.6) is 5.75 Å². The molecule has 0 fully saturated rings. The van der Waals surface area contributed by atoms with E-state index in [-0.39, 0.29) is 18.9 Å². The van der Waals surface area contributed by atoms with Crippen molar-refractivity contribution in [2.45, 2.75) is 33.0 Å². The Hall–Kier alpha value is -3.16. The van der Waals surface area contributed by atoms with Gasteiger partial charge in [0.25, 0.3) is 0 Å². The lowest BCUT2D eigenvalue weighted by molar-refractivity contribution is -0.117. The van der Waals surface area contributed by atoms with Crippen LogP contribution in [0.2, 0.25) is 0 Å². The van der Waals surface area contributed by atoms with E-state index >= 15 is 0 Å². The van der Waals surface area contributed by atoms with Gasteiger partial charge in [-0.3, -0.25) is 9.69 Å². The topological polar surface area (TPSA) is 80.8 Å². The molecule has 0 spiro atoms. The highest BCUT2D eigenvalue weighted by molar-refractivity contribution is 5.93. The molecular weight excluding hydrogens is 377 g/mol. The summed E-state index contributed by atoms with van der Waals surface area (Å²) in [5.74, 6) is 0.286. The van der Waals surface area contributed by atoms with Gasteiger partial charge in [-0.15, -0.1) is 0 Å². The van der Waals surface area contributed by atoms with Crippen LogP contribution in [0, 0.1) is 0 Å². The molecule has 1 aromatic carbocycles. The van der Waals surface area contributed by atoms with E-state index in [1.807, 2.05) is 30.3 Å². The van der Waals surface area contributed by atoms with Gasteiger partial charge in [-0.2, -0.15) is 0 Å². The molecular formula is C21H26FN3O4. The molecule has 156 valence electrons. The van der Waals surface area contributed by atoms with E-state index in [1.165, 1.54) is 6.20 Å². The fourth-order valence-electron chi connectivity index (χ4n) is 2.33. The van der Waals surface area contributed by atoms with Crippen molar-refractivity contribution in [3.05, 3.63) is 54.2 Å². The maximum Gasteiger partial charge on any atom is 0.410 e. The highest BCUT2D eigenvalue weighted by Crippen LogP contribution is 2.16. The molecule has 0 saturated carbocycles. The van der Waals surface area contributed by atoms with Gasteiger partial charge < -0.3 is 14.8 Å². The number of carbonyl (C=O) groups excluding carboxylic acids is 2. The van der Waals surface area contributed by atoms with Crippen molar-refractivity contribution in [1.29, 1.82) is 0 Å². The molecule has 0 aliphatic heterocycles. The van der Waals surface area contributed by atoms with Gasteiger partial charge in [-0.25, -0.2) is 14.2 Å².